The zero-order valence-electron chi connectivity index (χ0n) is 10.4. The van der Waals surface area contributed by atoms with Crippen LogP contribution in [0.5, 0.6) is 0 Å². The van der Waals surface area contributed by atoms with Crippen molar-refractivity contribution in [3.05, 3.63) is 28.8 Å². The van der Waals surface area contributed by atoms with Crippen molar-refractivity contribution < 1.29 is 14.4 Å². The second-order valence-corrected chi connectivity index (χ2v) is 3.86. The lowest BCUT2D eigenvalue weighted by atomic mass is 9.96. The van der Waals surface area contributed by atoms with E-state index < -0.39 is 0 Å². The predicted molar refractivity (Wildman–Crippen MR) is 66.0 cm³/mol. The first-order chi connectivity index (χ1) is 7.88. The van der Waals surface area contributed by atoms with E-state index in [1.807, 2.05) is 0 Å². The third kappa shape index (κ3) is 2.58. The summed E-state index contributed by atoms with van der Waals surface area (Å²) in [6.07, 6.45) is 0. The van der Waals surface area contributed by atoms with Crippen LogP contribution in [0, 0.1) is 0 Å². The van der Waals surface area contributed by atoms with Gasteiger partial charge in [-0.1, -0.05) is 0 Å². The third-order valence-electron chi connectivity index (χ3n) is 2.55. The summed E-state index contributed by atoms with van der Waals surface area (Å²) < 4.78 is 0. The van der Waals surface area contributed by atoms with Crippen molar-refractivity contribution in [2.24, 2.45) is 0 Å². The fourth-order valence-corrected chi connectivity index (χ4v) is 1.67. The molecule has 17 heavy (non-hydrogen) atoms. The molecule has 4 heteroatoms. The summed E-state index contributed by atoms with van der Waals surface area (Å²) >= 11 is 0. The monoisotopic (exact) mass is 233 g/mol. The Balaban J connectivity index is 3.63. The molecule has 0 fully saturated rings. The van der Waals surface area contributed by atoms with Crippen LogP contribution in [0.3, 0.4) is 0 Å². The van der Waals surface area contributed by atoms with Gasteiger partial charge in [0.15, 0.2) is 17.3 Å². The van der Waals surface area contributed by atoms with Gasteiger partial charge in [-0.3, -0.25) is 14.4 Å². The van der Waals surface area contributed by atoms with E-state index in [4.69, 9.17) is 0 Å². The SMILES string of the molecule is CNc1c(C(C)=O)cc(C(C)=O)cc1C(C)=O. The molecule has 0 saturated carbocycles. The first-order valence-electron chi connectivity index (χ1n) is 5.27. The van der Waals surface area contributed by atoms with Crippen molar-refractivity contribution in [2.45, 2.75) is 20.8 Å². The molecule has 1 rings (SSSR count). The van der Waals surface area contributed by atoms with Gasteiger partial charge in [0.2, 0.25) is 0 Å². The lowest BCUT2D eigenvalue weighted by molar-refractivity contribution is 0.101. The van der Waals surface area contributed by atoms with E-state index in [0.29, 0.717) is 22.4 Å². The maximum Gasteiger partial charge on any atom is 0.161 e. The van der Waals surface area contributed by atoms with Crippen LogP contribution in [0.25, 0.3) is 0 Å². The predicted octanol–water partition coefficient (Wildman–Crippen LogP) is 2.34. The Hall–Kier alpha value is -1.97. The van der Waals surface area contributed by atoms with E-state index in [9.17, 15) is 14.4 Å². The average molecular weight is 233 g/mol. The summed E-state index contributed by atoms with van der Waals surface area (Å²) in [4.78, 5) is 34.4. The lowest BCUT2D eigenvalue weighted by Gasteiger charge is -2.12. The second-order valence-electron chi connectivity index (χ2n) is 3.86. The largest absolute Gasteiger partial charge is 0.387 e. The molecule has 0 aromatic heterocycles. The van der Waals surface area contributed by atoms with Crippen molar-refractivity contribution in [3.63, 3.8) is 0 Å². The summed E-state index contributed by atoms with van der Waals surface area (Å²) in [6, 6.07) is 3.03. The van der Waals surface area contributed by atoms with Crippen LogP contribution >= 0.6 is 0 Å². The fourth-order valence-electron chi connectivity index (χ4n) is 1.67. The summed E-state index contributed by atoms with van der Waals surface area (Å²) in [6.45, 7) is 4.22. The van der Waals surface area contributed by atoms with Gasteiger partial charge in [0, 0.05) is 23.7 Å². The minimum atomic E-state index is -0.181. The van der Waals surface area contributed by atoms with Crippen molar-refractivity contribution in [2.75, 3.05) is 12.4 Å². The highest BCUT2D eigenvalue weighted by molar-refractivity contribution is 6.10. The summed E-state index contributed by atoms with van der Waals surface area (Å²) in [7, 11) is 1.64. The van der Waals surface area contributed by atoms with E-state index >= 15 is 0 Å². The molecule has 1 N–H and O–H groups in total. The van der Waals surface area contributed by atoms with Crippen LogP contribution in [0.2, 0.25) is 0 Å². The molecule has 0 aliphatic carbocycles. The molecule has 1 aromatic carbocycles. The Morgan fingerprint density at radius 3 is 1.53 bits per heavy atom. The molecule has 0 amide bonds. The molecule has 0 atom stereocenters. The number of hydrogen-bond acceptors (Lipinski definition) is 4. The molecular weight excluding hydrogens is 218 g/mol. The Kier molecular flexibility index (Phi) is 3.78. The van der Waals surface area contributed by atoms with Gasteiger partial charge >= 0.3 is 0 Å². The van der Waals surface area contributed by atoms with Gasteiger partial charge in [0.05, 0.1) is 5.69 Å². The highest BCUT2D eigenvalue weighted by atomic mass is 16.1. The Morgan fingerprint density at radius 1 is 0.882 bits per heavy atom. The van der Waals surface area contributed by atoms with Gasteiger partial charge in [-0.15, -0.1) is 0 Å². The number of ketones is 3. The number of nitrogens with one attached hydrogen (secondary N) is 1. The molecule has 1 aromatic rings. The van der Waals surface area contributed by atoms with Crippen molar-refractivity contribution in [1.82, 2.24) is 0 Å². The molecule has 0 spiro atoms. The first kappa shape index (κ1) is 13.1. The van der Waals surface area contributed by atoms with Gasteiger partial charge in [-0.05, 0) is 32.9 Å². The van der Waals surface area contributed by atoms with Crippen LogP contribution in [0.4, 0.5) is 5.69 Å². The van der Waals surface area contributed by atoms with Crippen molar-refractivity contribution in [1.29, 1.82) is 0 Å². The summed E-state index contributed by atoms with van der Waals surface area (Å²) in [5.41, 5.74) is 1.59. The van der Waals surface area contributed by atoms with Crippen molar-refractivity contribution in [3.8, 4) is 0 Å². The van der Waals surface area contributed by atoms with Crippen LogP contribution in [0.15, 0.2) is 12.1 Å². The molecular formula is C13H15NO3. The normalized spacial score (nSPS) is 9.88. The van der Waals surface area contributed by atoms with Crippen LogP contribution < -0.4 is 5.32 Å². The minimum Gasteiger partial charge on any atom is -0.387 e. The molecule has 90 valence electrons. The number of benzene rings is 1. The molecule has 4 nitrogen and oxygen atoms in total. The van der Waals surface area contributed by atoms with E-state index in [-0.39, 0.29) is 17.3 Å². The summed E-state index contributed by atoms with van der Waals surface area (Å²) in [5.74, 6) is -0.530. The topological polar surface area (TPSA) is 63.2 Å². The van der Waals surface area contributed by atoms with Crippen LogP contribution in [-0.2, 0) is 0 Å². The maximum atomic E-state index is 11.5. The van der Waals surface area contributed by atoms with E-state index in [1.54, 1.807) is 7.05 Å². The molecule has 0 bridgehead atoms. The number of carbonyl (C=O) groups is 3. The second kappa shape index (κ2) is 4.91. The molecule has 0 saturated heterocycles. The van der Waals surface area contributed by atoms with Crippen LogP contribution in [-0.4, -0.2) is 24.4 Å². The highest BCUT2D eigenvalue weighted by Gasteiger charge is 2.17. The Labute approximate surface area is 100 Å². The number of rotatable bonds is 4. The van der Waals surface area contributed by atoms with Gasteiger partial charge in [-0.25, -0.2) is 0 Å². The van der Waals surface area contributed by atoms with Gasteiger partial charge in [0.1, 0.15) is 0 Å². The van der Waals surface area contributed by atoms with Crippen molar-refractivity contribution >= 4 is 23.0 Å². The Bertz CT molecular complexity index is 468. The highest BCUT2D eigenvalue weighted by Crippen LogP contribution is 2.24. The minimum absolute atomic E-state index is 0.169. The van der Waals surface area contributed by atoms with Gasteiger partial charge in [-0.2, -0.15) is 0 Å². The smallest absolute Gasteiger partial charge is 0.161 e. The van der Waals surface area contributed by atoms with Gasteiger partial charge < -0.3 is 5.32 Å². The molecule has 0 unspecified atom stereocenters. The average Bonchev–Trinajstić information content (AvgIpc) is 2.26. The van der Waals surface area contributed by atoms with Crippen LogP contribution in [0.1, 0.15) is 51.8 Å². The maximum absolute atomic E-state index is 11.5. The zero-order valence-corrected chi connectivity index (χ0v) is 10.4. The number of hydrogen-bond donors (Lipinski definition) is 1. The van der Waals surface area contributed by atoms with E-state index in [0.717, 1.165) is 0 Å². The van der Waals surface area contributed by atoms with Gasteiger partial charge in [0.25, 0.3) is 0 Å². The number of anilines is 1. The van der Waals surface area contributed by atoms with E-state index in [2.05, 4.69) is 5.32 Å². The number of Topliss-reactive ketones (excluding diaryl/α,β-unsaturated/α-hetero) is 3. The van der Waals surface area contributed by atoms with E-state index in [1.165, 1.54) is 32.9 Å². The molecule has 0 aliphatic rings. The number of carbonyl (C=O) groups excluding carboxylic acids is 3. The standard InChI is InChI=1S/C13H15NO3/c1-7(15)10-5-11(8(2)16)13(14-4)12(6-10)9(3)17/h5-6,14H,1-4H3. The lowest BCUT2D eigenvalue weighted by Crippen LogP contribution is -2.09. The molecule has 0 heterocycles. The first-order valence-corrected chi connectivity index (χ1v) is 5.27. The zero-order chi connectivity index (χ0) is 13.2. The molecule has 0 radical (unpaired) electrons. The Morgan fingerprint density at radius 2 is 1.29 bits per heavy atom. The quantitative estimate of drug-likeness (QED) is 0.811. The fraction of sp³-hybridized carbons (Fsp3) is 0.308. The third-order valence-corrected chi connectivity index (χ3v) is 2.55. The molecule has 0 aliphatic heterocycles. The summed E-state index contributed by atoms with van der Waals surface area (Å²) in [5, 5.41) is 2.84.